The molecular formula is C18H18F2N4O3S. The summed E-state index contributed by atoms with van der Waals surface area (Å²) < 4.78 is 57.1. The number of aryl methyl sites for hydroxylation is 1. The summed E-state index contributed by atoms with van der Waals surface area (Å²) in [6, 6.07) is 5.64. The van der Waals surface area contributed by atoms with Crippen LogP contribution in [0.25, 0.3) is 5.65 Å². The van der Waals surface area contributed by atoms with E-state index in [2.05, 4.69) is 5.10 Å². The molecule has 3 aromatic rings. The van der Waals surface area contributed by atoms with Crippen LogP contribution < -0.4 is 5.56 Å². The zero-order chi connectivity index (χ0) is 20.1. The lowest BCUT2D eigenvalue weighted by molar-refractivity contribution is 0.312. The number of halogens is 2. The number of sulfonamides is 1. The van der Waals surface area contributed by atoms with Gasteiger partial charge in [0.25, 0.3) is 5.56 Å². The molecule has 3 heterocycles. The van der Waals surface area contributed by atoms with Crippen LogP contribution in [0.2, 0.25) is 0 Å². The Hall–Kier alpha value is -2.59. The SMILES string of the molecule is Cn1c(C2CCN(S(=O)(=O)c3cc(F)ccc3F)CC2)cc(=O)n2nccc12. The van der Waals surface area contributed by atoms with Crippen molar-refractivity contribution in [2.75, 3.05) is 13.1 Å². The lowest BCUT2D eigenvalue weighted by Crippen LogP contribution is -2.39. The average Bonchev–Trinajstić information content (AvgIpc) is 3.17. The highest BCUT2D eigenvalue weighted by Crippen LogP contribution is 2.31. The van der Waals surface area contributed by atoms with E-state index < -0.39 is 26.6 Å². The van der Waals surface area contributed by atoms with Gasteiger partial charge in [-0.1, -0.05) is 0 Å². The summed E-state index contributed by atoms with van der Waals surface area (Å²) in [7, 11) is -2.30. The predicted molar refractivity (Wildman–Crippen MR) is 97.5 cm³/mol. The van der Waals surface area contributed by atoms with Crippen LogP contribution in [0.4, 0.5) is 8.78 Å². The monoisotopic (exact) mass is 408 g/mol. The van der Waals surface area contributed by atoms with Crippen LogP contribution in [-0.2, 0) is 17.1 Å². The van der Waals surface area contributed by atoms with Crippen LogP contribution in [0, 0.1) is 11.6 Å². The zero-order valence-electron chi connectivity index (χ0n) is 15.0. The van der Waals surface area contributed by atoms with Crippen LogP contribution in [-0.4, -0.2) is 40.0 Å². The second-order valence-electron chi connectivity index (χ2n) is 6.82. The van der Waals surface area contributed by atoms with Crippen molar-refractivity contribution in [2.24, 2.45) is 7.05 Å². The Labute approximate surface area is 159 Å². The number of hydrogen-bond acceptors (Lipinski definition) is 4. The highest BCUT2D eigenvalue weighted by molar-refractivity contribution is 7.89. The first-order valence-electron chi connectivity index (χ1n) is 8.78. The maximum atomic E-state index is 14.0. The third-order valence-electron chi connectivity index (χ3n) is 5.22. The molecule has 1 aromatic carbocycles. The summed E-state index contributed by atoms with van der Waals surface area (Å²) in [5, 5.41) is 3.99. The molecule has 0 radical (unpaired) electrons. The summed E-state index contributed by atoms with van der Waals surface area (Å²) in [6.45, 7) is 0.309. The Balaban J connectivity index is 1.59. The minimum Gasteiger partial charge on any atom is -0.333 e. The van der Waals surface area contributed by atoms with Crippen molar-refractivity contribution in [1.29, 1.82) is 0 Å². The lowest BCUT2D eigenvalue weighted by Gasteiger charge is -2.32. The van der Waals surface area contributed by atoms with Gasteiger partial charge >= 0.3 is 0 Å². The summed E-state index contributed by atoms with van der Waals surface area (Å²) in [5.74, 6) is -1.81. The fraction of sp³-hybridized carbons (Fsp3) is 0.333. The molecule has 1 aliphatic rings. The maximum absolute atomic E-state index is 14.0. The standard InChI is InChI=1S/C18H18F2N4O3S/c1-22-15(11-18(25)24-17(22)4-7-21-24)12-5-8-23(9-6-12)28(26,27)16-10-13(19)2-3-14(16)20/h2-4,7,10-12H,5-6,8-9H2,1H3. The van der Waals surface area contributed by atoms with Gasteiger partial charge in [-0.05, 0) is 31.0 Å². The van der Waals surface area contributed by atoms with E-state index in [1.165, 1.54) is 10.6 Å². The molecule has 1 aliphatic heterocycles. The van der Waals surface area contributed by atoms with E-state index in [1.807, 2.05) is 11.6 Å². The van der Waals surface area contributed by atoms with E-state index in [-0.39, 0.29) is 24.6 Å². The molecule has 0 spiro atoms. The van der Waals surface area contributed by atoms with Crippen molar-refractivity contribution in [2.45, 2.75) is 23.7 Å². The minimum atomic E-state index is -4.13. The predicted octanol–water partition coefficient (Wildman–Crippen LogP) is 1.88. The summed E-state index contributed by atoms with van der Waals surface area (Å²) in [5.41, 5.74) is 1.20. The number of hydrogen-bond donors (Lipinski definition) is 0. The molecule has 0 atom stereocenters. The first-order chi connectivity index (χ1) is 13.3. The van der Waals surface area contributed by atoms with Gasteiger partial charge in [-0.3, -0.25) is 4.79 Å². The van der Waals surface area contributed by atoms with Crippen LogP contribution in [0.3, 0.4) is 0 Å². The first kappa shape index (κ1) is 18.8. The first-order valence-corrected chi connectivity index (χ1v) is 10.2. The van der Waals surface area contributed by atoms with Gasteiger partial charge in [0.05, 0.1) is 6.20 Å². The summed E-state index contributed by atoms with van der Waals surface area (Å²) >= 11 is 0. The minimum absolute atomic E-state index is 0.0265. The molecule has 0 amide bonds. The Bertz CT molecular complexity index is 1210. The number of fused-ring (bicyclic) bond motifs is 1. The Morgan fingerprint density at radius 1 is 1.11 bits per heavy atom. The largest absolute Gasteiger partial charge is 0.333 e. The highest BCUT2D eigenvalue weighted by Gasteiger charge is 2.33. The molecule has 1 saturated heterocycles. The van der Waals surface area contributed by atoms with Gasteiger partial charge < -0.3 is 4.57 Å². The molecule has 0 aliphatic carbocycles. The number of piperidine rings is 1. The number of nitrogens with zero attached hydrogens (tertiary/aromatic N) is 4. The normalized spacial score (nSPS) is 16.7. The molecule has 0 N–H and O–H groups in total. The van der Waals surface area contributed by atoms with Crippen LogP contribution in [0.1, 0.15) is 24.5 Å². The van der Waals surface area contributed by atoms with E-state index in [0.29, 0.717) is 24.6 Å². The average molecular weight is 408 g/mol. The second-order valence-corrected chi connectivity index (χ2v) is 8.73. The van der Waals surface area contributed by atoms with E-state index in [1.54, 1.807) is 12.3 Å². The Kier molecular flexibility index (Phi) is 4.54. The maximum Gasteiger partial charge on any atom is 0.274 e. The summed E-state index contributed by atoms with van der Waals surface area (Å²) in [6.07, 6.45) is 2.48. The molecule has 0 bridgehead atoms. The molecule has 28 heavy (non-hydrogen) atoms. The van der Waals surface area contributed by atoms with Crippen molar-refractivity contribution in [3.05, 3.63) is 64.2 Å². The third kappa shape index (κ3) is 3.02. The van der Waals surface area contributed by atoms with Crippen molar-refractivity contribution in [3.63, 3.8) is 0 Å². The molecule has 0 saturated carbocycles. The zero-order valence-corrected chi connectivity index (χ0v) is 15.9. The lowest BCUT2D eigenvalue weighted by atomic mass is 9.94. The highest BCUT2D eigenvalue weighted by atomic mass is 32.2. The fourth-order valence-electron chi connectivity index (χ4n) is 3.73. The van der Waals surface area contributed by atoms with Gasteiger partial charge in [-0.15, -0.1) is 0 Å². The molecular weight excluding hydrogens is 390 g/mol. The van der Waals surface area contributed by atoms with Crippen molar-refractivity contribution >= 4 is 15.7 Å². The second kappa shape index (κ2) is 6.78. The van der Waals surface area contributed by atoms with Gasteiger partial charge in [-0.25, -0.2) is 17.2 Å². The quantitative estimate of drug-likeness (QED) is 0.663. The van der Waals surface area contributed by atoms with E-state index >= 15 is 0 Å². The number of benzene rings is 1. The third-order valence-corrected chi connectivity index (χ3v) is 7.13. The van der Waals surface area contributed by atoms with Gasteiger partial charge in [0, 0.05) is 43.9 Å². The molecule has 0 unspecified atom stereocenters. The smallest absolute Gasteiger partial charge is 0.274 e. The van der Waals surface area contributed by atoms with E-state index in [0.717, 1.165) is 22.1 Å². The van der Waals surface area contributed by atoms with Crippen LogP contribution in [0.5, 0.6) is 0 Å². The number of rotatable bonds is 3. The Morgan fingerprint density at radius 3 is 2.54 bits per heavy atom. The molecule has 4 rings (SSSR count). The van der Waals surface area contributed by atoms with Gasteiger partial charge in [-0.2, -0.15) is 13.9 Å². The van der Waals surface area contributed by atoms with Gasteiger partial charge in [0.2, 0.25) is 10.0 Å². The molecule has 2 aromatic heterocycles. The number of aromatic nitrogens is 3. The van der Waals surface area contributed by atoms with Gasteiger partial charge in [0.1, 0.15) is 22.2 Å². The summed E-state index contributed by atoms with van der Waals surface area (Å²) in [4.78, 5) is 11.6. The van der Waals surface area contributed by atoms with Gasteiger partial charge in [0.15, 0.2) is 0 Å². The molecule has 7 nitrogen and oxygen atoms in total. The molecule has 10 heteroatoms. The molecule has 148 valence electrons. The molecule has 1 fully saturated rings. The van der Waals surface area contributed by atoms with Crippen molar-refractivity contribution in [1.82, 2.24) is 18.5 Å². The van der Waals surface area contributed by atoms with E-state index in [4.69, 9.17) is 0 Å². The van der Waals surface area contributed by atoms with Crippen molar-refractivity contribution < 1.29 is 17.2 Å². The van der Waals surface area contributed by atoms with Crippen LogP contribution >= 0.6 is 0 Å². The van der Waals surface area contributed by atoms with Crippen molar-refractivity contribution in [3.8, 4) is 0 Å². The topological polar surface area (TPSA) is 76.7 Å². The van der Waals surface area contributed by atoms with Crippen LogP contribution in [0.15, 0.2) is 46.2 Å². The van der Waals surface area contributed by atoms with E-state index in [9.17, 15) is 22.0 Å². The Morgan fingerprint density at radius 2 is 1.82 bits per heavy atom. The fourth-order valence-corrected chi connectivity index (χ4v) is 5.28.